The van der Waals surface area contributed by atoms with Crippen LogP contribution in [0.5, 0.6) is 0 Å². The Balaban J connectivity index is 1.84. The molecule has 1 aromatic carbocycles. The molecule has 1 aliphatic carbocycles. The lowest BCUT2D eigenvalue weighted by atomic mass is 9.84. The Kier molecular flexibility index (Phi) is 2.65. The van der Waals surface area contributed by atoms with Gasteiger partial charge in [-0.25, -0.2) is 0 Å². The summed E-state index contributed by atoms with van der Waals surface area (Å²) in [5.74, 6) is 1.61. The lowest BCUT2D eigenvalue weighted by molar-refractivity contribution is 0.395. The minimum atomic E-state index is 0.316. The van der Waals surface area contributed by atoms with Gasteiger partial charge in [0.15, 0.2) is 0 Å². The van der Waals surface area contributed by atoms with Crippen LogP contribution in [0.3, 0.4) is 0 Å². The van der Waals surface area contributed by atoms with Gasteiger partial charge in [-0.15, -0.1) is 10.2 Å². The molecule has 17 heavy (non-hydrogen) atoms. The number of nitrogens with two attached hydrogens (primary N) is 1. The van der Waals surface area contributed by atoms with E-state index in [4.69, 9.17) is 10.2 Å². The zero-order chi connectivity index (χ0) is 11.7. The number of hydrogen-bond acceptors (Lipinski definition) is 4. The van der Waals surface area contributed by atoms with Crippen molar-refractivity contribution >= 4 is 0 Å². The molecule has 1 unspecified atom stereocenters. The number of benzene rings is 1. The van der Waals surface area contributed by atoms with Crippen molar-refractivity contribution < 1.29 is 4.42 Å². The molecular formula is C13H15N3O. The maximum absolute atomic E-state index is 5.54. The van der Waals surface area contributed by atoms with E-state index in [1.54, 1.807) is 0 Å². The molecule has 0 saturated heterocycles. The number of rotatable bonds is 2. The van der Waals surface area contributed by atoms with Gasteiger partial charge in [-0.05, 0) is 30.4 Å². The fourth-order valence-electron chi connectivity index (χ4n) is 2.42. The van der Waals surface area contributed by atoms with Crippen molar-refractivity contribution in [3.05, 3.63) is 47.2 Å². The number of fused-ring (bicyclic) bond motifs is 1. The lowest BCUT2D eigenvalue weighted by Crippen LogP contribution is -2.12. The second-order valence-corrected chi connectivity index (χ2v) is 4.45. The Bertz CT molecular complexity index is 521. The van der Waals surface area contributed by atoms with Crippen LogP contribution in [0.2, 0.25) is 0 Å². The smallest absolute Gasteiger partial charge is 0.230 e. The monoisotopic (exact) mass is 229 g/mol. The van der Waals surface area contributed by atoms with Gasteiger partial charge >= 0.3 is 0 Å². The van der Waals surface area contributed by atoms with Crippen LogP contribution in [-0.2, 0) is 19.4 Å². The molecule has 2 N–H and O–H groups in total. The predicted octanol–water partition coefficient (Wildman–Crippen LogP) is 1.80. The summed E-state index contributed by atoms with van der Waals surface area (Å²) in [5.41, 5.74) is 8.32. The highest BCUT2D eigenvalue weighted by Crippen LogP contribution is 2.31. The molecule has 1 atom stereocenters. The topological polar surface area (TPSA) is 64.9 Å². The third-order valence-electron chi connectivity index (χ3n) is 3.35. The van der Waals surface area contributed by atoms with Gasteiger partial charge in [0.25, 0.3) is 0 Å². The fourth-order valence-corrected chi connectivity index (χ4v) is 2.42. The molecule has 0 saturated carbocycles. The maximum Gasteiger partial charge on any atom is 0.230 e. The molecule has 0 radical (unpaired) electrons. The third kappa shape index (κ3) is 1.96. The van der Waals surface area contributed by atoms with Gasteiger partial charge in [-0.3, -0.25) is 0 Å². The number of nitrogens with zero attached hydrogens (tertiary/aromatic N) is 2. The first kappa shape index (κ1) is 10.5. The average molecular weight is 229 g/mol. The average Bonchev–Trinajstić information content (AvgIpc) is 2.87. The Morgan fingerprint density at radius 2 is 2.06 bits per heavy atom. The molecule has 1 heterocycles. The Labute approximate surface area is 99.8 Å². The summed E-state index contributed by atoms with van der Waals surface area (Å²) in [4.78, 5) is 0. The highest BCUT2D eigenvalue weighted by Gasteiger charge is 2.24. The number of hydrogen-bond donors (Lipinski definition) is 1. The Hall–Kier alpha value is -1.68. The van der Waals surface area contributed by atoms with E-state index in [1.807, 2.05) is 0 Å². The van der Waals surface area contributed by atoms with Gasteiger partial charge in [-0.2, -0.15) is 0 Å². The molecule has 0 aliphatic heterocycles. The Morgan fingerprint density at radius 1 is 1.24 bits per heavy atom. The molecule has 1 aliphatic rings. The summed E-state index contributed by atoms with van der Waals surface area (Å²) in [6.45, 7) is 0.316. The first-order chi connectivity index (χ1) is 8.36. The van der Waals surface area contributed by atoms with Crippen LogP contribution in [0.15, 0.2) is 28.7 Å². The van der Waals surface area contributed by atoms with Crippen molar-refractivity contribution in [1.29, 1.82) is 0 Å². The van der Waals surface area contributed by atoms with E-state index < -0.39 is 0 Å². The summed E-state index contributed by atoms with van der Waals surface area (Å²) in [7, 11) is 0. The predicted molar refractivity (Wildman–Crippen MR) is 63.4 cm³/mol. The van der Waals surface area contributed by atoms with Gasteiger partial charge in [0.05, 0.1) is 6.54 Å². The molecule has 2 aromatic rings. The van der Waals surface area contributed by atoms with E-state index in [0.29, 0.717) is 18.4 Å². The lowest BCUT2D eigenvalue weighted by Gasteiger charge is -2.21. The molecule has 0 amide bonds. The van der Waals surface area contributed by atoms with Gasteiger partial charge in [0, 0.05) is 5.92 Å². The maximum atomic E-state index is 5.54. The molecule has 0 spiro atoms. The summed E-state index contributed by atoms with van der Waals surface area (Å²) in [6, 6.07) is 8.56. The van der Waals surface area contributed by atoms with Gasteiger partial charge in [0.2, 0.25) is 11.8 Å². The molecule has 0 fully saturated rings. The second-order valence-electron chi connectivity index (χ2n) is 4.45. The van der Waals surface area contributed by atoms with E-state index in [2.05, 4.69) is 34.5 Å². The minimum Gasteiger partial charge on any atom is -0.424 e. The molecule has 4 nitrogen and oxygen atoms in total. The van der Waals surface area contributed by atoms with Crippen LogP contribution >= 0.6 is 0 Å². The van der Waals surface area contributed by atoms with Crippen molar-refractivity contribution in [2.45, 2.75) is 31.7 Å². The SMILES string of the molecule is NCc1nnc(C2CCc3ccccc3C2)o1. The number of aromatic nitrogens is 2. The van der Waals surface area contributed by atoms with Crippen LogP contribution in [-0.4, -0.2) is 10.2 Å². The second kappa shape index (κ2) is 4.30. The van der Waals surface area contributed by atoms with E-state index in [9.17, 15) is 0 Å². The minimum absolute atomic E-state index is 0.316. The van der Waals surface area contributed by atoms with E-state index in [0.717, 1.165) is 25.2 Å². The molecule has 1 aromatic heterocycles. The third-order valence-corrected chi connectivity index (χ3v) is 3.35. The van der Waals surface area contributed by atoms with E-state index in [1.165, 1.54) is 11.1 Å². The number of aryl methyl sites for hydroxylation is 1. The molecule has 3 rings (SSSR count). The molecule has 0 bridgehead atoms. The zero-order valence-electron chi connectivity index (χ0n) is 9.60. The highest BCUT2D eigenvalue weighted by atomic mass is 16.4. The van der Waals surface area contributed by atoms with Crippen LogP contribution in [0.1, 0.15) is 35.2 Å². The normalized spacial score (nSPS) is 19.0. The van der Waals surface area contributed by atoms with Crippen molar-refractivity contribution in [3.8, 4) is 0 Å². The summed E-state index contributed by atoms with van der Waals surface area (Å²) in [5, 5.41) is 8.01. The Morgan fingerprint density at radius 3 is 2.82 bits per heavy atom. The molecular weight excluding hydrogens is 214 g/mol. The standard InChI is InChI=1S/C13H15N3O/c14-8-12-15-16-13(17-12)11-6-5-9-3-1-2-4-10(9)7-11/h1-4,11H,5-8,14H2. The van der Waals surface area contributed by atoms with E-state index in [-0.39, 0.29) is 0 Å². The quantitative estimate of drug-likeness (QED) is 0.852. The highest BCUT2D eigenvalue weighted by molar-refractivity contribution is 5.31. The van der Waals surface area contributed by atoms with Crippen LogP contribution < -0.4 is 5.73 Å². The van der Waals surface area contributed by atoms with Crippen molar-refractivity contribution in [2.24, 2.45) is 5.73 Å². The van der Waals surface area contributed by atoms with Crippen LogP contribution in [0, 0.1) is 0 Å². The fraction of sp³-hybridized carbons (Fsp3) is 0.385. The van der Waals surface area contributed by atoms with Gasteiger partial charge in [-0.1, -0.05) is 24.3 Å². The largest absolute Gasteiger partial charge is 0.424 e. The first-order valence-electron chi connectivity index (χ1n) is 5.96. The van der Waals surface area contributed by atoms with Crippen LogP contribution in [0.4, 0.5) is 0 Å². The van der Waals surface area contributed by atoms with Crippen molar-refractivity contribution in [2.75, 3.05) is 0 Å². The van der Waals surface area contributed by atoms with Gasteiger partial charge in [0.1, 0.15) is 0 Å². The van der Waals surface area contributed by atoms with Crippen molar-refractivity contribution in [3.63, 3.8) is 0 Å². The van der Waals surface area contributed by atoms with Crippen molar-refractivity contribution in [1.82, 2.24) is 10.2 Å². The van der Waals surface area contributed by atoms with E-state index >= 15 is 0 Å². The summed E-state index contributed by atoms with van der Waals surface area (Å²) >= 11 is 0. The van der Waals surface area contributed by atoms with Crippen LogP contribution in [0.25, 0.3) is 0 Å². The molecule has 4 heteroatoms. The van der Waals surface area contributed by atoms with Gasteiger partial charge < -0.3 is 10.2 Å². The molecule has 88 valence electrons. The summed E-state index contributed by atoms with van der Waals surface area (Å²) < 4.78 is 5.54. The zero-order valence-corrected chi connectivity index (χ0v) is 9.60. The first-order valence-corrected chi connectivity index (χ1v) is 5.96. The summed E-state index contributed by atoms with van der Waals surface area (Å²) in [6.07, 6.45) is 3.15.